The van der Waals surface area contributed by atoms with E-state index in [0.717, 1.165) is 48.9 Å². The van der Waals surface area contributed by atoms with Crippen LogP contribution in [0.4, 0.5) is 0 Å². The molecule has 4 rings (SSSR count). The van der Waals surface area contributed by atoms with Gasteiger partial charge in [0, 0.05) is 43.5 Å². The summed E-state index contributed by atoms with van der Waals surface area (Å²) in [4.78, 5) is 7.28. The average Bonchev–Trinajstić information content (AvgIpc) is 3.21. The molecule has 3 aromatic rings. The summed E-state index contributed by atoms with van der Waals surface area (Å²) < 4.78 is 13.2. The van der Waals surface area contributed by atoms with Gasteiger partial charge in [-0.1, -0.05) is 6.07 Å². The van der Waals surface area contributed by atoms with Crippen molar-refractivity contribution in [1.29, 1.82) is 0 Å². The molecule has 0 amide bonds. The van der Waals surface area contributed by atoms with Crippen molar-refractivity contribution in [3.63, 3.8) is 0 Å². The predicted octanol–water partition coefficient (Wildman–Crippen LogP) is 3.55. The Balaban J connectivity index is 1.47. The molecule has 0 saturated carbocycles. The fraction of sp³-hybridized carbons (Fsp3) is 0.364. The van der Waals surface area contributed by atoms with E-state index in [1.165, 1.54) is 5.56 Å². The third-order valence-corrected chi connectivity index (χ3v) is 5.05. The van der Waals surface area contributed by atoms with Gasteiger partial charge >= 0.3 is 0 Å². The summed E-state index contributed by atoms with van der Waals surface area (Å²) in [6.07, 6.45) is 4.05. The van der Waals surface area contributed by atoms with E-state index in [2.05, 4.69) is 35.3 Å². The second-order valence-electron chi connectivity index (χ2n) is 6.98. The van der Waals surface area contributed by atoms with Gasteiger partial charge in [-0.15, -0.1) is 0 Å². The van der Waals surface area contributed by atoms with Crippen molar-refractivity contribution in [2.24, 2.45) is 0 Å². The predicted molar refractivity (Wildman–Crippen MR) is 108 cm³/mol. The quantitative estimate of drug-likeness (QED) is 0.657. The lowest BCUT2D eigenvalue weighted by atomic mass is 10.1. The number of methoxy groups -OCH3 is 1. The molecule has 0 N–H and O–H groups in total. The lowest BCUT2D eigenvalue weighted by Crippen LogP contribution is -2.38. The zero-order valence-corrected chi connectivity index (χ0v) is 16.4. The third kappa shape index (κ3) is 4.24. The molecule has 1 aliphatic heterocycles. The van der Waals surface area contributed by atoms with Crippen LogP contribution < -0.4 is 4.74 Å². The summed E-state index contributed by atoms with van der Waals surface area (Å²) in [6, 6.07) is 14.1. The topological polar surface area (TPSA) is 52.4 Å². The smallest absolute Gasteiger partial charge is 0.118 e. The van der Waals surface area contributed by atoms with Crippen molar-refractivity contribution >= 4 is 0 Å². The summed E-state index contributed by atoms with van der Waals surface area (Å²) in [6.45, 7) is 6.35. The van der Waals surface area contributed by atoms with Gasteiger partial charge in [-0.2, -0.15) is 5.10 Å². The molecule has 3 heterocycles. The van der Waals surface area contributed by atoms with Gasteiger partial charge in [0.05, 0.1) is 31.3 Å². The minimum absolute atomic E-state index is 0.0202. The maximum absolute atomic E-state index is 6.04. The van der Waals surface area contributed by atoms with Crippen molar-refractivity contribution in [3.8, 4) is 17.0 Å². The summed E-state index contributed by atoms with van der Waals surface area (Å²) in [5, 5.41) is 4.37. The van der Waals surface area contributed by atoms with Crippen LogP contribution in [0.25, 0.3) is 11.3 Å². The highest BCUT2D eigenvalue weighted by Gasteiger charge is 2.23. The molecule has 0 spiro atoms. The molecule has 1 unspecified atom stereocenters. The standard InChI is InChI=1S/C22H26N4O2/c1-3-26-15-17(13-23-26)14-25-11-12-28-22(16-25)21-6-4-5-20(24-21)18-7-9-19(27-2)10-8-18/h4-10,13,15,22H,3,11-12,14,16H2,1-2H3. The van der Waals surface area contributed by atoms with Gasteiger partial charge in [0.25, 0.3) is 0 Å². The molecule has 0 aliphatic carbocycles. The Hall–Kier alpha value is -2.70. The molecule has 0 radical (unpaired) electrons. The van der Waals surface area contributed by atoms with Gasteiger partial charge in [-0.3, -0.25) is 14.6 Å². The number of ether oxygens (including phenoxy) is 2. The number of aromatic nitrogens is 3. The van der Waals surface area contributed by atoms with Crippen LogP contribution in [0, 0.1) is 0 Å². The zero-order valence-electron chi connectivity index (χ0n) is 16.4. The van der Waals surface area contributed by atoms with Crippen molar-refractivity contribution < 1.29 is 9.47 Å². The highest BCUT2D eigenvalue weighted by atomic mass is 16.5. The van der Waals surface area contributed by atoms with Crippen LogP contribution in [0.15, 0.2) is 54.9 Å². The molecule has 6 heteroatoms. The first-order chi connectivity index (χ1) is 13.7. The first kappa shape index (κ1) is 18.7. The Bertz CT molecular complexity index is 907. The molecule has 1 fully saturated rings. The molecule has 1 atom stereocenters. The average molecular weight is 378 g/mol. The molecule has 1 aliphatic rings. The number of hydrogen-bond donors (Lipinski definition) is 0. The van der Waals surface area contributed by atoms with E-state index in [1.54, 1.807) is 7.11 Å². The van der Waals surface area contributed by atoms with Gasteiger partial charge in [-0.05, 0) is 43.3 Å². The summed E-state index contributed by atoms with van der Waals surface area (Å²) >= 11 is 0. The van der Waals surface area contributed by atoms with Crippen LogP contribution in [0.3, 0.4) is 0 Å². The Morgan fingerprint density at radius 2 is 2.04 bits per heavy atom. The normalized spacial score (nSPS) is 17.6. The Morgan fingerprint density at radius 3 is 2.79 bits per heavy atom. The highest BCUT2D eigenvalue weighted by Crippen LogP contribution is 2.26. The number of rotatable bonds is 6. The van der Waals surface area contributed by atoms with Crippen LogP contribution in [0.1, 0.15) is 24.3 Å². The molecule has 146 valence electrons. The van der Waals surface area contributed by atoms with Crippen LogP contribution in [0.2, 0.25) is 0 Å². The van der Waals surface area contributed by atoms with Crippen LogP contribution >= 0.6 is 0 Å². The Morgan fingerprint density at radius 1 is 1.18 bits per heavy atom. The Labute approximate surface area is 165 Å². The monoisotopic (exact) mass is 378 g/mol. The SMILES string of the molecule is CCn1cc(CN2CCOC(c3cccc(-c4ccc(OC)cc4)n3)C2)cn1. The van der Waals surface area contributed by atoms with Crippen molar-refractivity contribution in [2.75, 3.05) is 26.8 Å². The zero-order chi connectivity index (χ0) is 19.3. The summed E-state index contributed by atoms with van der Waals surface area (Å²) in [5.74, 6) is 0.845. The van der Waals surface area contributed by atoms with E-state index in [1.807, 2.05) is 41.2 Å². The van der Waals surface area contributed by atoms with Gasteiger partial charge in [0.1, 0.15) is 11.9 Å². The van der Waals surface area contributed by atoms with Gasteiger partial charge in [-0.25, -0.2) is 0 Å². The number of nitrogens with zero attached hydrogens (tertiary/aromatic N) is 4. The van der Waals surface area contributed by atoms with Crippen LogP contribution in [-0.4, -0.2) is 46.5 Å². The molecule has 0 bridgehead atoms. The molecule has 1 saturated heterocycles. The fourth-order valence-electron chi connectivity index (χ4n) is 3.50. The van der Waals surface area contributed by atoms with Gasteiger partial charge in [0.15, 0.2) is 0 Å². The molecular formula is C22H26N4O2. The van der Waals surface area contributed by atoms with Crippen molar-refractivity contribution in [2.45, 2.75) is 26.1 Å². The van der Waals surface area contributed by atoms with E-state index in [-0.39, 0.29) is 6.10 Å². The molecule has 1 aromatic carbocycles. The maximum Gasteiger partial charge on any atom is 0.118 e. The number of pyridine rings is 1. The first-order valence-corrected chi connectivity index (χ1v) is 9.72. The summed E-state index contributed by atoms with van der Waals surface area (Å²) in [5.41, 5.74) is 4.23. The van der Waals surface area contributed by atoms with Crippen molar-refractivity contribution in [3.05, 3.63) is 66.1 Å². The largest absolute Gasteiger partial charge is 0.497 e. The first-order valence-electron chi connectivity index (χ1n) is 9.72. The maximum atomic E-state index is 6.04. The minimum Gasteiger partial charge on any atom is -0.497 e. The lowest BCUT2D eigenvalue weighted by molar-refractivity contribution is -0.0349. The van der Waals surface area contributed by atoms with E-state index in [0.29, 0.717) is 6.61 Å². The molecular weight excluding hydrogens is 352 g/mol. The number of aryl methyl sites for hydroxylation is 1. The number of benzene rings is 1. The van der Waals surface area contributed by atoms with Crippen LogP contribution in [0.5, 0.6) is 5.75 Å². The van der Waals surface area contributed by atoms with Gasteiger partial charge < -0.3 is 9.47 Å². The summed E-state index contributed by atoms with van der Waals surface area (Å²) in [7, 11) is 1.67. The second kappa shape index (κ2) is 8.54. The van der Waals surface area contributed by atoms with E-state index >= 15 is 0 Å². The van der Waals surface area contributed by atoms with E-state index < -0.39 is 0 Å². The molecule has 6 nitrogen and oxygen atoms in total. The van der Waals surface area contributed by atoms with E-state index in [4.69, 9.17) is 14.5 Å². The molecule has 28 heavy (non-hydrogen) atoms. The number of morpholine rings is 1. The minimum atomic E-state index is -0.0202. The van der Waals surface area contributed by atoms with Crippen molar-refractivity contribution in [1.82, 2.24) is 19.7 Å². The third-order valence-electron chi connectivity index (χ3n) is 5.05. The fourth-order valence-corrected chi connectivity index (χ4v) is 3.50. The van der Waals surface area contributed by atoms with Crippen LogP contribution in [-0.2, 0) is 17.8 Å². The highest BCUT2D eigenvalue weighted by molar-refractivity contribution is 5.60. The molecule has 2 aromatic heterocycles. The second-order valence-corrected chi connectivity index (χ2v) is 6.98. The lowest BCUT2D eigenvalue weighted by Gasteiger charge is -2.32. The van der Waals surface area contributed by atoms with E-state index in [9.17, 15) is 0 Å². The van der Waals surface area contributed by atoms with Gasteiger partial charge in [0.2, 0.25) is 0 Å². The Kier molecular flexibility index (Phi) is 5.69. The number of hydrogen-bond acceptors (Lipinski definition) is 5.